The van der Waals surface area contributed by atoms with Crippen molar-refractivity contribution in [3.05, 3.63) is 58.4 Å². The third kappa shape index (κ3) is 2.64. The Kier molecular flexibility index (Phi) is 3.93. The number of hydrogen-bond acceptors (Lipinski definition) is 3. The van der Waals surface area contributed by atoms with Gasteiger partial charge in [0.2, 0.25) is 0 Å². The van der Waals surface area contributed by atoms with Crippen LogP contribution in [0.25, 0.3) is 0 Å². The molecule has 3 nitrogen and oxygen atoms in total. The predicted molar refractivity (Wildman–Crippen MR) is 72.9 cm³/mol. The lowest BCUT2D eigenvalue weighted by atomic mass is 9.99. The van der Waals surface area contributed by atoms with E-state index in [1.54, 1.807) is 18.2 Å². The predicted octanol–water partition coefficient (Wildman–Crippen LogP) is 3.15. The van der Waals surface area contributed by atoms with Gasteiger partial charge in [0.25, 0.3) is 0 Å². The van der Waals surface area contributed by atoms with E-state index in [-0.39, 0.29) is 11.3 Å². The van der Waals surface area contributed by atoms with E-state index in [1.165, 1.54) is 25.3 Å². The summed E-state index contributed by atoms with van der Waals surface area (Å²) in [7, 11) is 1.36. The Balaban J connectivity index is 2.50. The van der Waals surface area contributed by atoms with Gasteiger partial charge in [0.15, 0.2) is 11.6 Å². The van der Waals surface area contributed by atoms with Gasteiger partial charge in [0.05, 0.1) is 7.11 Å². The number of ether oxygens (including phenoxy) is 1. The molecule has 0 fully saturated rings. The summed E-state index contributed by atoms with van der Waals surface area (Å²) in [6, 6.07) is 9.24. The first kappa shape index (κ1) is 13.6. The first-order valence-electron chi connectivity index (χ1n) is 5.60. The molecule has 0 unspecified atom stereocenters. The van der Waals surface area contributed by atoms with Gasteiger partial charge >= 0.3 is 0 Å². The average molecular weight is 282 g/mol. The number of nitrogens with two attached hydrogens (primary N) is 1. The van der Waals surface area contributed by atoms with Crippen LogP contribution in [0.15, 0.2) is 36.4 Å². The fourth-order valence-corrected chi connectivity index (χ4v) is 2.03. The molecule has 0 heterocycles. The Morgan fingerprint density at radius 2 is 2.00 bits per heavy atom. The van der Waals surface area contributed by atoms with Gasteiger partial charge in [-0.3, -0.25) is 0 Å². The highest BCUT2D eigenvalue weighted by Gasteiger charge is 2.20. The highest BCUT2D eigenvalue weighted by atomic mass is 35.5. The number of aliphatic hydroxyl groups excluding tert-OH is 1. The summed E-state index contributed by atoms with van der Waals surface area (Å²) in [5.41, 5.74) is 6.57. The van der Waals surface area contributed by atoms with Crippen LogP contribution in [-0.2, 0) is 0 Å². The molecule has 0 saturated heterocycles. The van der Waals surface area contributed by atoms with Crippen LogP contribution in [-0.4, -0.2) is 12.2 Å². The van der Waals surface area contributed by atoms with Gasteiger partial charge < -0.3 is 15.6 Å². The van der Waals surface area contributed by atoms with Gasteiger partial charge in [-0.2, -0.15) is 0 Å². The van der Waals surface area contributed by atoms with Gasteiger partial charge in [-0.1, -0.05) is 23.7 Å². The zero-order chi connectivity index (χ0) is 14.0. The molecule has 3 N–H and O–H groups in total. The summed E-state index contributed by atoms with van der Waals surface area (Å²) in [6.07, 6.45) is -1.20. The molecular weight excluding hydrogens is 269 g/mol. The normalized spacial score (nSPS) is 12.2. The molecule has 0 bridgehead atoms. The summed E-state index contributed by atoms with van der Waals surface area (Å²) in [4.78, 5) is 0. The van der Waals surface area contributed by atoms with Crippen molar-refractivity contribution in [3.8, 4) is 5.75 Å². The second-order valence-corrected chi connectivity index (χ2v) is 4.48. The Hall–Kier alpha value is -1.78. The maximum absolute atomic E-state index is 14.1. The molecule has 2 aromatic rings. The third-order valence-corrected chi connectivity index (χ3v) is 3.09. The first-order chi connectivity index (χ1) is 9.04. The van der Waals surface area contributed by atoms with E-state index in [2.05, 4.69) is 0 Å². The topological polar surface area (TPSA) is 55.5 Å². The summed E-state index contributed by atoms with van der Waals surface area (Å²) >= 11 is 5.86. The molecule has 0 spiro atoms. The standard InChI is InChI=1S/C14H13ClFNO2/c1-19-12-4-2-3-9(13(12)16)14(18)10-7-8(15)5-6-11(10)17/h2-7,14,18H,17H2,1H3/t14-/m1/s1. The molecule has 0 saturated carbocycles. The average Bonchev–Trinajstić information content (AvgIpc) is 2.41. The molecule has 0 aliphatic heterocycles. The molecule has 1 atom stereocenters. The first-order valence-corrected chi connectivity index (χ1v) is 5.97. The third-order valence-electron chi connectivity index (χ3n) is 2.85. The van der Waals surface area contributed by atoms with E-state index in [0.29, 0.717) is 16.3 Å². The molecule has 19 heavy (non-hydrogen) atoms. The van der Waals surface area contributed by atoms with Gasteiger partial charge in [-0.25, -0.2) is 4.39 Å². The van der Waals surface area contributed by atoms with Gasteiger partial charge in [0, 0.05) is 21.8 Å². The van der Waals surface area contributed by atoms with Crippen molar-refractivity contribution in [1.29, 1.82) is 0 Å². The largest absolute Gasteiger partial charge is 0.494 e. The van der Waals surface area contributed by atoms with Crippen LogP contribution in [0.5, 0.6) is 5.75 Å². The molecule has 5 heteroatoms. The quantitative estimate of drug-likeness (QED) is 0.850. The van der Waals surface area contributed by atoms with Crippen LogP contribution in [0, 0.1) is 5.82 Å². The Morgan fingerprint density at radius 3 is 2.68 bits per heavy atom. The molecular formula is C14H13ClFNO2. The minimum Gasteiger partial charge on any atom is -0.494 e. The number of rotatable bonds is 3. The van der Waals surface area contributed by atoms with Crippen molar-refractivity contribution < 1.29 is 14.2 Å². The van der Waals surface area contributed by atoms with E-state index in [4.69, 9.17) is 22.1 Å². The van der Waals surface area contributed by atoms with E-state index >= 15 is 0 Å². The number of hydrogen-bond donors (Lipinski definition) is 2. The monoisotopic (exact) mass is 281 g/mol. The molecule has 100 valence electrons. The molecule has 0 radical (unpaired) electrons. The summed E-state index contributed by atoms with van der Waals surface area (Å²) in [5, 5.41) is 10.7. The Bertz CT molecular complexity index is 604. The highest BCUT2D eigenvalue weighted by Crippen LogP contribution is 2.33. The van der Waals surface area contributed by atoms with Crippen LogP contribution < -0.4 is 10.5 Å². The maximum Gasteiger partial charge on any atom is 0.171 e. The number of anilines is 1. The minimum absolute atomic E-state index is 0.0668. The van der Waals surface area contributed by atoms with Crippen molar-refractivity contribution in [1.82, 2.24) is 0 Å². The van der Waals surface area contributed by atoms with Crippen LogP contribution in [0.2, 0.25) is 5.02 Å². The molecule has 0 aliphatic rings. The molecule has 0 aliphatic carbocycles. The van der Waals surface area contributed by atoms with Crippen molar-refractivity contribution in [3.63, 3.8) is 0 Å². The number of nitrogen functional groups attached to an aromatic ring is 1. The summed E-state index contributed by atoms with van der Waals surface area (Å²) in [5.74, 6) is -0.547. The van der Waals surface area contributed by atoms with E-state index in [0.717, 1.165) is 0 Å². The van der Waals surface area contributed by atoms with Crippen molar-refractivity contribution in [2.45, 2.75) is 6.10 Å². The van der Waals surface area contributed by atoms with Crippen LogP contribution >= 0.6 is 11.6 Å². The van der Waals surface area contributed by atoms with E-state index in [9.17, 15) is 9.50 Å². The highest BCUT2D eigenvalue weighted by molar-refractivity contribution is 6.30. The number of aliphatic hydroxyl groups is 1. The molecule has 0 amide bonds. The molecule has 2 rings (SSSR count). The molecule has 2 aromatic carbocycles. The smallest absolute Gasteiger partial charge is 0.171 e. The summed E-state index contributed by atoms with van der Waals surface area (Å²) in [6.45, 7) is 0. The van der Waals surface area contributed by atoms with Gasteiger partial charge in [-0.05, 0) is 24.3 Å². The lowest BCUT2D eigenvalue weighted by molar-refractivity contribution is 0.214. The Morgan fingerprint density at radius 1 is 1.26 bits per heavy atom. The summed E-state index contributed by atoms with van der Waals surface area (Å²) < 4.78 is 19.0. The van der Waals surface area contributed by atoms with Crippen molar-refractivity contribution in [2.75, 3.05) is 12.8 Å². The van der Waals surface area contributed by atoms with E-state index < -0.39 is 11.9 Å². The van der Waals surface area contributed by atoms with Gasteiger partial charge in [0.1, 0.15) is 6.10 Å². The molecule has 0 aromatic heterocycles. The van der Waals surface area contributed by atoms with E-state index in [1.807, 2.05) is 0 Å². The Labute approximate surface area is 115 Å². The minimum atomic E-state index is -1.20. The van der Waals surface area contributed by atoms with Crippen molar-refractivity contribution in [2.24, 2.45) is 0 Å². The zero-order valence-corrected chi connectivity index (χ0v) is 11.0. The maximum atomic E-state index is 14.1. The van der Waals surface area contributed by atoms with Crippen LogP contribution in [0.1, 0.15) is 17.2 Å². The second-order valence-electron chi connectivity index (χ2n) is 4.04. The number of halogens is 2. The van der Waals surface area contributed by atoms with Crippen LogP contribution in [0.4, 0.5) is 10.1 Å². The number of methoxy groups -OCH3 is 1. The fraction of sp³-hybridized carbons (Fsp3) is 0.143. The lowest BCUT2D eigenvalue weighted by Crippen LogP contribution is -2.06. The fourth-order valence-electron chi connectivity index (χ4n) is 1.85. The SMILES string of the molecule is COc1cccc([C@@H](O)c2cc(Cl)ccc2N)c1F. The van der Waals surface area contributed by atoms with Crippen LogP contribution in [0.3, 0.4) is 0 Å². The van der Waals surface area contributed by atoms with Gasteiger partial charge in [-0.15, -0.1) is 0 Å². The second kappa shape index (κ2) is 5.47. The van der Waals surface area contributed by atoms with Crippen molar-refractivity contribution >= 4 is 17.3 Å². The zero-order valence-electron chi connectivity index (χ0n) is 10.2. The lowest BCUT2D eigenvalue weighted by Gasteiger charge is -2.16. The number of benzene rings is 2.